The fourth-order valence-corrected chi connectivity index (χ4v) is 1.70. The lowest BCUT2D eigenvalue weighted by atomic mass is 9.96. The Hall–Kier alpha value is -0.670. The SMILES string of the molecule is C/C(=C\CCC(C)CCO)CCC(=O)C(C)(C)O. The first-order valence-corrected chi connectivity index (χ1v) is 6.79. The maximum absolute atomic E-state index is 11.5. The van der Waals surface area contributed by atoms with Crippen molar-refractivity contribution in [3.05, 3.63) is 11.6 Å². The third-order valence-corrected chi connectivity index (χ3v) is 3.20. The van der Waals surface area contributed by atoms with Gasteiger partial charge in [-0.05, 0) is 52.4 Å². The molecule has 0 aliphatic carbocycles. The Morgan fingerprint density at radius 1 is 1.28 bits per heavy atom. The molecule has 0 rings (SSSR count). The van der Waals surface area contributed by atoms with Crippen LogP contribution >= 0.6 is 0 Å². The van der Waals surface area contributed by atoms with Crippen molar-refractivity contribution >= 4 is 5.78 Å². The third kappa shape index (κ3) is 8.43. The summed E-state index contributed by atoms with van der Waals surface area (Å²) in [6.45, 7) is 7.48. The molecule has 0 radical (unpaired) electrons. The Morgan fingerprint density at radius 2 is 1.89 bits per heavy atom. The summed E-state index contributed by atoms with van der Waals surface area (Å²) >= 11 is 0. The molecule has 0 aromatic heterocycles. The highest BCUT2D eigenvalue weighted by atomic mass is 16.3. The summed E-state index contributed by atoms with van der Waals surface area (Å²) in [7, 11) is 0. The van der Waals surface area contributed by atoms with E-state index in [9.17, 15) is 9.90 Å². The summed E-state index contributed by atoms with van der Waals surface area (Å²) in [5, 5.41) is 18.3. The van der Waals surface area contributed by atoms with Crippen LogP contribution in [0, 0.1) is 5.92 Å². The summed E-state index contributed by atoms with van der Waals surface area (Å²) in [6.07, 6.45) is 6.19. The molecule has 1 unspecified atom stereocenters. The largest absolute Gasteiger partial charge is 0.396 e. The van der Waals surface area contributed by atoms with Gasteiger partial charge in [0, 0.05) is 13.0 Å². The third-order valence-electron chi connectivity index (χ3n) is 3.20. The number of aliphatic hydroxyl groups is 2. The van der Waals surface area contributed by atoms with Gasteiger partial charge in [-0.1, -0.05) is 18.6 Å². The van der Waals surface area contributed by atoms with E-state index in [4.69, 9.17) is 5.11 Å². The number of carbonyl (C=O) groups excluding carboxylic acids is 1. The lowest BCUT2D eigenvalue weighted by Gasteiger charge is -2.15. The smallest absolute Gasteiger partial charge is 0.164 e. The van der Waals surface area contributed by atoms with Crippen molar-refractivity contribution in [1.82, 2.24) is 0 Å². The van der Waals surface area contributed by atoms with Crippen molar-refractivity contribution in [2.24, 2.45) is 5.92 Å². The first-order chi connectivity index (χ1) is 8.27. The van der Waals surface area contributed by atoms with Crippen molar-refractivity contribution in [1.29, 1.82) is 0 Å². The van der Waals surface area contributed by atoms with Crippen LogP contribution in [0.25, 0.3) is 0 Å². The minimum atomic E-state index is -1.21. The molecular formula is C15H28O3. The van der Waals surface area contributed by atoms with Gasteiger partial charge in [-0.25, -0.2) is 0 Å². The molecule has 0 amide bonds. The lowest BCUT2D eigenvalue weighted by Crippen LogP contribution is -2.30. The molecule has 2 N–H and O–H groups in total. The van der Waals surface area contributed by atoms with Gasteiger partial charge in [-0.3, -0.25) is 4.79 Å². The maximum atomic E-state index is 11.5. The van der Waals surface area contributed by atoms with E-state index in [1.54, 1.807) is 0 Å². The minimum absolute atomic E-state index is 0.108. The molecule has 0 heterocycles. The number of hydrogen-bond donors (Lipinski definition) is 2. The normalized spacial score (nSPS) is 14.7. The molecule has 3 heteroatoms. The first kappa shape index (κ1) is 17.3. The van der Waals surface area contributed by atoms with Gasteiger partial charge in [-0.15, -0.1) is 0 Å². The number of allylic oxidation sites excluding steroid dienone is 2. The van der Waals surface area contributed by atoms with E-state index in [1.165, 1.54) is 19.4 Å². The number of hydrogen-bond acceptors (Lipinski definition) is 3. The Kier molecular flexibility index (Phi) is 8.12. The molecule has 0 spiro atoms. The van der Waals surface area contributed by atoms with Gasteiger partial charge < -0.3 is 10.2 Å². The first-order valence-electron chi connectivity index (χ1n) is 6.79. The van der Waals surface area contributed by atoms with E-state index in [0.29, 0.717) is 12.3 Å². The molecule has 18 heavy (non-hydrogen) atoms. The van der Waals surface area contributed by atoms with Crippen LogP contribution in [0.3, 0.4) is 0 Å². The van der Waals surface area contributed by atoms with Gasteiger partial charge in [0.15, 0.2) is 5.78 Å². The average Bonchev–Trinajstić information content (AvgIpc) is 2.24. The Labute approximate surface area is 111 Å². The molecule has 0 fully saturated rings. The van der Waals surface area contributed by atoms with Crippen LogP contribution in [-0.4, -0.2) is 28.2 Å². The zero-order chi connectivity index (χ0) is 14.2. The molecule has 0 aliphatic heterocycles. The molecule has 0 saturated heterocycles. The molecule has 0 aromatic carbocycles. The van der Waals surface area contributed by atoms with Gasteiger partial charge in [0.05, 0.1) is 0 Å². The topological polar surface area (TPSA) is 57.5 Å². The molecule has 0 bridgehead atoms. The summed E-state index contributed by atoms with van der Waals surface area (Å²) in [5.74, 6) is 0.431. The number of Topliss-reactive ketones (excluding diaryl/α,β-unsaturated/α-hetero) is 1. The number of ketones is 1. The van der Waals surface area contributed by atoms with Crippen LogP contribution in [0.1, 0.15) is 59.8 Å². The number of aliphatic hydroxyl groups excluding tert-OH is 1. The maximum Gasteiger partial charge on any atom is 0.164 e. The second-order valence-corrected chi connectivity index (χ2v) is 5.73. The fourth-order valence-electron chi connectivity index (χ4n) is 1.70. The summed E-state index contributed by atoms with van der Waals surface area (Å²) in [5.41, 5.74) is -0.0144. The van der Waals surface area contributed by atoms with E-state index in [1.807, 2.05) is 6.92 Å². The molecule has 0 aliphatic rings. The van der Waals surface area contributed by atoms with Crippen LogP contribution in [-0.2, 0) is 4.79 Å². The Balaban J connectivity index is 3.89. The molecule has 0 aromatic rings. The van der Waals surface area contributed by atoms with Gasteiger partial charge in [-0.2, -0.15) is 0 Å². The quantitative estimate of drug-likeness (QED) is 0.624. The Bertz CT molecular complexity index is 274. The minimum Gasteiger partial charge on any atom is -0.396 e. The second-order valence-electron chi connectivity index (χ2n) is 5.73. The van der Waals surface area contributed by atoms with Crippen molar-refractivity contribution in [2.45, 2.75) is 65.4 Å². The fraction of sp³-hybridized carbons (Fsp3) is 0.800. The van der Waals surface area contributed by atoms with E-state index < -0.39 is 5.60 Å². The predicted octanol–water partition coefficient (Wildman–Crippen LogP) is 2.85. The van der Waals surface area contributed by atoms with Crippen LogP contribution in [0.15, 0.2) is 11.6 Å². The number of carbonyl (C=O) groups is 1. The van der Waals surface area contributed by atoms with Crippen molar-refractivity contribution in [3.63, 3.8) is 0 Å². The van der Waals surface area contributed by atoms with Crippen molar-refractivity contribution in [3.8, 4) is 0 Å². The second kappa shape index (κ2) is 8.44. The lowest BCUT2D eigenvalue weighted by molar-refractivity contribution is -0.134. The van der Waals surface area contributed by atoms with E-state index in [0.717, 1.165) is 25.7 Å². The zero-order valence-corrected chi connectivity index (χ0v) is 12.2. The standard InChI is InChI=1S/C15H28O3/c1-12(6-5-7-13(2)10-11-16)8-9-14(17)15(3,4)18/h6,13,16,18H,5,7-11H2,1-4H3/b12-6+. The van der Waals surface area contributed by atoms with Crippen LogP contribution < -0.4 is 0 Å². The van der Waals surface area contributed by atoms with Crippen LogP contribution in [0.4, 0.5) is 0 Å². The van der Waals surface area contributed by atoms with E-state index in [-0.39, 0.29) is 12.4 Å². The van der Waals surface area contributed by atoms with Crippen LogP contribution in [0.2, 0.25) is 0 Å². The van der Waals surface area contributed by atoms with Gasteiger partial charge in [0.25, 0.3) is 0 Å². The molecule has 1 atom stereocenters. The summed E-state index contributed by atoms with van der Waals surface area (Å²) in [4.78, 5) is 11.5. The van der Waals surface area contributed by atoms with E-state index >= 15 is 0 Å². The highest BCUT2D eigenvalue weighted by molar-refractivity contribution is 5.86. The highest BCUT2D eigenvalue weighted by Crippen LogP contribution is 2.15. The monoisotopic (exact) mass is 256 g/mol. The molecular weight excluding hydrogens is 228 g/mol. The zero-order valence-electron chi connectivity index (χ0n) is 12.2. The summed E-state index contributed by atoms with van der Waals surface area (Å²) in [6, 6.07) is 0. The van der Waals surface area contributed by atoms with Gasteiger partial charge >= 0.3 is 0 Å². The molecule has 3 nitrogen and oxygen atoms in total. The highest BCUT2D eigenvalue weighted by Gasteiger charge is 2.22. The average molecular weight is 256 g/mol. The molecule has 0 saturated carbocycles. The predicted molar refractivity (Wildman–Crippen MR) is 74.4 cm³/mol. The van der Waals surface area contributed by atoms with Gasteiger partial charge in [0.2, 0.25) is 0 Å². The van der Waals surface area contributed by atoms with Crippen molar-refractivity contribution in [2.75, 3.05) is 6.61 Å². The number of rotatable bonds is 9. The van der Waals surface area contributed by atoms with Gasteiger partial charge in [0.1, 0.15) is 5.60 Å². The van der Waals surface area contributed by atoms with Crippen molar-refractivity contribution < 1.29 is 15.0 Å². The Morgan fingerprint density at radius 3 is 2.39 bits per heavy atom. The molecule has 106 valence electrons. The summed E-state index contributed by atoms with van der Waals surface area (Å²) < 4.78 is 0. The van der Waals surface area contributed by atoms with E-state index in [2.05, 4.69) is 13.0 Å². The van der Waals surface area contributed by atoms with Crippen LogP contribution in [0.5, 0.6) is 0 Å².